The van der Waals surface area contributed by atoms with Crippen LogP contribution in [0.4, 0.5) is 0 Å². The van der Waals surface area contributed by atoms with Crippen LogP contribution in [0, 0.1) is 0 Å². The summed E-state index contributed by atoms with van der Waals surface area (Å²) in [5.41, 5.74) is 1.68. The standard InChI is InChI=1S/C14H17Cl2N3O/c1-3-17-14(20)9(2)19-12-8-10(16)4-5-11(12)18-13(19)6-7-15/h4-5,8-9H,3,6-7H2,1-2H3,(H,17,20). The molecule has 0 saturated carbocycles. The number of halogens is 2. The molecule has 108 valence electrons. The van der Waals surface area contributed by atoms with E-state index in [4.69, 9.17) is 23.2 Å². The average Bonchev–Trinajstić information content (AvgIpc) is 2.76. The minimum Gasteiger partial charge on any atom is -0.355 e. The lowest BCUT2D eigenvalue weighted by Crippen LogP contribution is -2.31. The number of fused-ring (bicyclic) bond motifs is 1. The second-order valence-electron chi connectivity index (χ2n) is 4.54. The number of carbonyl (C=O) groups is 1. The third-order valence-corrected chi connectivity index (χ3v) is 3.58. The fourth-order valence-electron chi connectivity index (χ4n) is 2.25. The van der Waals surface area contributed by atoms with Gasteiger partial charge in [-0.05, 0) is 32.0 Å². The summed E-state index contributed by atoms with van der Waals surface area (Å²) in [6, 6.07) is 5.13. The number of carbonyl (C=O) groups excluding carboxylic acids is 1. The van der Waals surface area contributed by atoms with Crippen LogP contribution in [0.25, 0.3) is 11.0 Å². The van der Waals surface area contributed by atoms with Crippen LogP contribution in [0.2, 0.25) is 5.02 Å². The van der Waals surface area contributed by atoms with Crippen LogP contribution >= 0.6 is 23.2 Å². The minimum atomic E-state index is -0.350. The van der Waals surface area contributed by atoms with Crippen molar-refractivity contribution in [3.05, 3.63) is 29.0 Å². The summed E-state index contributed by atoms with van der Waals surface area (Å²) < 4.78 is 1.91. The number of amides is 1. The lowest BCUT2D eigenvalue weighted by molar-refractivity contribution is -0.123. The van der Waals surface area contributed by atoms with Crippen molar-refractivity contribution in [2.24, 2.45) is 0 Å². The van der Waals surface area contributed by atoms with E-state index in [1.807, 2.05) is 30.5 Å². The molecule has 2 rings (SSSR count). The summed E-state index contributed by atoms with van der Waals surface area (Å²) in [5.74, 6) is 1.22. The van der Waals surface area contributed by atoms with Crippen molar-refractivity contribution in [2.45, 2.75) is 26.3 Å². The second-order valence-corrected chi connectivity index (χ2v) is 5.36. The third-order valence-electron chi connectivity index (χ3n) is 3.16. The smallest absolute Gasteiger partial charge is 0.242 e. The van der Waals surface area contributed by atoms with E-state index in [1.54, 1.807) is 6.07 Å². The molecule has 0 aliphatic carbocycles. The number of benzene rings is 1. The highest BCUT2D eigenvalue weighted by Gasteiger charge is 2.20. The van der Waals surface area contributed by atoms with Gasteiger partial charge in [-0.2, -0.15) is 0 Å². The molecule has 0 saturated heterocycles. The molecule has 0 radical (unpaired) electrons. The van der Waals surface area contributed by atoms with E-state index in [1.165, 1.54) is 0 Å². The molecule has 1 heterocycles. The van der Waals surface area contributed by atoms with Gasteiger partial charge >= 0.3 is 0 Å². The summed E-state index contributed by atoms with van der Waals surface area (Å²) in [4.78, 5) is 16.6. The highest BCUT2D eigenvalue weighted by Crippen LogP contribution is 2.25. The van der Waals surface area contributed by atoms with E-state index in [9.17, 15) is 4.79 Å². The molecule has 1 atom stereocenters. The molecule has 0 aliphatic heterocycles. The first-order valence-corrected chi connectivity index (χ1v) is 7.49. The van der Waals surface area contributed by atoms with Crippen LogP contribution in [0.5, 0.6) is 0 Å². The Morgan fingerprint density at radius 3 is 2.90 bits per heavy atom. The number of alkyl halides is 1. The van der Waals surface area contributed by atoms with Crippen LogP contribution in [0.3, 0.4) is 0 Å². The first-order valence-electron chi connectivity index (χ1n) is 6.58. The van der Waals surface area contributed by atoms with Crippen molar-refractivity contribution in [3.63, 3.8) is 0 Å². The highest BCUT2D eigenvalue weighted by molar-refractivity contribution is 6.31. The maximum Gasteiger partial charge on any atom is 0.242 e. The predicted molar refractivity (Wildman–Crippen MR) is 82.6 cm³/mol. The molecule has 6 heteroatoms. The third kappa shape index (κ3) is 2.91. The minimum absolute atomic E-state index is 0.0393. The zero-order valence-corrected chi connectivity index (χ0v) is 13.0. The number of nitrogens with one attached hydrogen (secondary N) is 1. The van der Waals surface area contributed by atoms with E-state index in [0.717, 1.165) is 16.9 Å². The number of likely N-dealkylation sites (N-methyl/N-ethyl adjacent to an activating group) is 1. The van der Waals surface area contributed by atoms with E-state index < -0.39 is 0 Å². The number of hydrogen-bond acceptors (Lipinski definition) is 2. The Morgan fingerprint density at radius 2 is 2.25 bits per heavy atom. The molecular weight excluding hydrogens is 297 g/mol. The predicted octanol–water partition coefficient (Wildman–Crippen LogP) is 3.17. The SMILES string of the molecule is CCNC(=O)C(C)n1c(CCCl)nc2ccc(Cl)cc21. The quantitative estimate of drug-likeness (QED) is 0.862. The number of aryl methyl sites for hydroxylation is 1. The number of rotatable bonds is 5. The Labute approximate surface area is 128 Å². The summed E-state index contributed by atoms with van der Waals surface area (Å²) >= 11 is 11.9. The second kappa shape index (κ2) is 6.46. The molecule has 1 unspecified atom stereocenters. The van der Waals surface area contributed by atoms with Crippen molar-refractivity contribution in [1.82, 2.24) is 14.9 Å². The Balaban J connectivity index is 2.55. The van der Waals surface area contributed by atoms with Crippen LogP contribution in [0.15, 0.2) is 18.2 Å². The summed E-state index contributed by atoms with van der Waals surface area (Å²) in [6.45, 7) is 4.35. The van der Waals surface area contributed by atoms with E-state index in [0.29, 0.717) is 23.9 Å². The molecule has 2 aromatic rings. The average molecular weight is 314 g/mol. The van der Waals surface area contributed by atoms with Crippen LogP contribution in [-0.2, 0) is 11.2 Å². The zero-order valence-electron chi connectivity index (χ0n) is 11.5. The van der Waals surface area contributed by atoms with Crippen molar-refractivity contribution >= 4 is 40.1 Å². The highest BCUT2D eigenvalue weighted by atomic mass is 35.5. The van der Waals surface area contributed by atoms with Gasteiger partial charge in [-0.15, -0.1) is 11.6 Å². The Bertz CT molecular complexity index is 624. The van der Waals surface area contributed by atoms with Crippen molar-refractivity contribution < 1.29 is 4.79 Å². The first-order chi connectivity index (χ1) is 9.58. The molecule has 1 amide bonds. The number of nitrogens with zero attached hydrogens (tertiary/aromatic N) is 2. The molecule has 4 nitrogen and oxygen atoms in total. The summed E-state index contributed by atoms with van der Waals surface area (Å²) in [5, 5.41) is 3.45. The Hall–Kier alpha value is -1.26. The lowest BCUT2D eigenvalue weighted by Gasteiger charge is -2.16. The number of imidazole rings is 1. The van der Waals surface area contributed by atoms with Gasteiger partial charge in [0.25, 0.3) is 0 Å². The molecule has 0 fully saturated rings. The van der Waals surface area contributed by atoms with Gasteiger partial charge in [0.05, 0.1) is 11.0 Å². The van der Waals surface area contributed by atoms with Gasteiger partial charge in [0.2, 0.25) is 5.91 Å². The number of aromatic nitrogens is 2. The molecule has 1 aromatic carbocycles. The molecule has 0 aliphatic rings. The van der Waals surface area contributed by atoms with Gasteiger partial charge in [-0.25, -0.2) is 4.98 Å². The van der Waals surface area contributed by atoms with Gasteiger partial charge in [0.1, 0.15) is 11.9 Å². The fraction of sp³-hybridized carbons (Fsp3) is 0.429. The topological polar surface area (TPSA) is 46.9 Å². The molecule has 1 aromatic heterocycles. The van der Waals surface area contributed by atoms with Gasteiger partial charge < -0.3 is 9.88 Å². The Kier molecular flexibility index (Phi) is 4.89. The van der Waals surface area contributed by atoms with Gasteiger partial charge in [-0.1, -0.05) is 11.6 Å². The maximum atomic E-state index is 12.1. The summed E-state index contributed by atoms with van der Waals surface area (Å²) in [6.07, 6.45) is 0.609. The van der Waals surface area contributed by atoms with E-state index in [2.05, 4.69) is 10.3 Å². The van der Waals surface area contributed by atoms with Crippen LogP contribution < -0.4 is 5.32 Å². The van der Waals surface area contributed by atoms with Crippen molar-refractivity contribution in [1.29, 1.82) is 0 Å². The van der Waals surface area contributed by atoms with E-state index in [-0.39, 0.29) is 11.9 Å². The maximum absolute atomic E-state index is 12.1. The Morgan fingerprint density at radius 1 is 1.50 bits per heavy atom. The van der Waals surface area contributed by atoms with Crippen LogP contribution in [0.1, 0.15) is 25.7 Å². The summed E-state index contributed by atoms with van der Waals surface area (Å²) in [7, 11) is 0. The van der Waals surface area contributed by atoms with Crippen molar-refractivity contribution in [2.75, 3.05) is 12.4 Å². The zero-order chi connectivity index (χ0) is 14.7. The number of hydrogen-bond donors (Lipinski definition) is 1. The van der Waals surface area contributed by atoms with Crippen molar-refractivity contribution in [3.8, 4) is 0 Å². The van der Waals surface area contributed by atoms with Gasteiger partial charge in [0, 0.05) is 23.9 Å². The van der Waals surface area contributed by atoms with Crippen LogP contribution in [-0.4, -0.2) is 27.9 Å². The molecule has 1 N–H and O–H groups in total. The molecular formula is C14H17Cl2N3O. The van der Waals surface area contributed by atoms with Gasteiger partial charge in [-0.3, -0.25) is 4.79 Å². The van der Waals surface area contributed by atoms with E-state index >= 15 is 0 Å². The largest absolute Gasteiger partial charge is 0.355 e. The van der Waals surface area contributed by atoms with Gasteiger partial charge in [0.15, 0.2) is 0 Å². The fourth-order valence-corrected chi connectivity index (χ4v) is 2.58. The normalized spacial score (nSPS) is 12.6. The molecule has 0 spiro atoms. The lowest BCUT2D eigenvalue weighted by atomic mass is 10.2. The molecule has 20 heavy (non-hydrogen) atoms. The molecule has 0 bridgehead atoms. The monoisotopic (exact) mass is 313 g/mol. The first kappa shape index (κ1) is 15.1.